The van der Waals surface area contributed by atoms with Crippen LogP contribution in [0.2, 0.25) is 5.02 Å². The molecule has 0 spiro atoms. The van der Waals surface area contributed by atoms with Crippen molar-refractivity contribution in [3.8, 4) is 5.75 Å². The third-order valence-electron chi connectivity index (χ3n) is 5.15. The molecule has 9 heteroatoms. The van der Waals surface area contributed by atoms with Gasteiger partial charge >= 0.3 is 0 Å². The van der Waals surface area contributed by atoms with Crippen LogP contribution in [0, 0.1) is 0 Å². The van der Waals surface area contributed by atoms with Crippen LogP contribution in [0.1, 0.15) is 11.1 Å². The summed E-state index contributed by atoms with van der Waals surface area (Å²) in [5.74, 6) is 0.371. The summed E-state index contributed by atoms with van der Waals surface area (Å²) in [6.45, 7) is -0.556. The molecule has 1 fully saturated rings. The molecule has 0 radical (unpaired) electrons. The number of rotatable bonds is 6. The van der Waals surface area contributed by atoms with E-state index in [1.165, 1.54) is 0 Å². The Balaban J connectivity index is 1.54. The molecule has 1 saturated heterocycles. The number of hydrogen-bond acceptors (Lipinski definition) is 7. The fourth-order valence-electron chi connectivity index (χ4n) is 3.53. The molecule has 1 aromatic heterocycles. The molecule has 2 heterocycles. The number of halogens is 1. The zero-order valence-corrected chi connectivity index (χ0v) is 16.6. The number of aromatic amines is 1. The van der Waals surface area contributed by atoms with Crippen molar-refractivity contribution in [2.24, 2.45) is 0 Å². The number of aliphatic hydroxyl groups is 4. The van der Waals surface area contributed by atoms with Gasteiger partial charge in [0.05, 0.1) is 6.61 Å². The number of ether oxygens (including phenoxy) is 1. The van der Waals surface area contributed by atoms with Gasteiger partial charge < -0.3 is 35.0 Å². The first-order valence-corrected chi connectivity index (χ1v) is 9.83. The van der Waals surface area contributed by atoms with Crippen LogP contribution in [0.3, 0.4) is 0 Å². The maximum atomic E-state index is 10.2. The van der Waals surface area contributed by atoms with E-state index in [9.17, 15) is 15.3 Å². The van der Waals surface area contributed by atoms with E-state index in [0.29, 0.717) is 17.2 Å². The van der Waals surface area contributed by atoms with Gasteiger partial charge in [-0.1, -0.05) is 29.8 Å². The van der Waals surface area contributed by atoms with E-state index in [1.54, 1.807) is 12.1 Å². The Hall–Kier alpha value is -2.17. The van der Waals surface area contributed by atoms with Crippen molar-refractivity contribution in [3.63, 3.8) is 0 Å². The van der Waals surface area contributed by atoms with Gasteiger partial charge in [-0.25, -0.2) is 0 Å². The smallest absolute Gasteiger partial charge is 0.188 e. The lowest BCUT2D eigenvalue weighted by atomic mass is 9.99. The number of hydrogen-bond donors (Lipinski definition) is 5. The fraction of sp³-hybridized carbons (Fsp3) is 0.333. The largest absolute Gasteiger partial charge is 0.394 e. The van der Waals surface area contributed by atoms with Gasteiger partial charge in [0.25, 0.3) is 0 Å². The lowest BCUT2D eigenvalue weighted by molar-refractivity contribution is -0.364. The maximum absolute atomic E-state index is 10.2. The first-order chi connectivity index (χ1) is 14.5. The molecule has 0 unspecified atom stereocenters. The van der Waals surface area contributed by atoms with E-state index in [1.807, 2.05) is 36.5 Å². The Kier molecular flexibility index (Phi) is 6.26. The minimum Gasteiger partial charge on any atom is -0.394 e. The summed E-state index contributed by atoms with van der Waals surface area (Å²) in [4.78, 5) is 13.9. The van der Waals surface area contributed by atoms with Crippen molar-refractivity contribution in [3.05, 3.63) is 64.8 Å². The molecule has 0 saturated carbocycles. The first-order valence-electron chi connectivity index (χ1n) is 9.45. The van der Waals surface area contributed by atoms with Crippen LogP contribution >= 0.6 is 11.6 Å². The van der Waals surface area contributed by atoms with Crippen LogP contribution < -0.4 is 4.89 Å². The molecule has 0 aliphatic carbocycles. The third-order valence-corrected chi connectivity index (χ3v) is 5.40. The molecule has 1 aliphatic rings. The molecule has 1 aliphatic heterocycles. The lowest BCUT2D eigenvalue weighted by Crippen LogP contribution is -2.59. The lowest BCUT2D eigenvalue weighted by Gasteiger charge is -2.38. The number of nitrogens with one attached hydrogen (secondary N) is 1. The second-order valence-electron chi connectivity index (χ2n) is 7.17. The predicted molar refractivity (Wildman–Crippen MR) is 108 cm³/mol. The minimum atomic E-state index is -1.58. The summed E-state index contributed by atoms with van der Waals surface area (Å²) in [5, 5.41) is 40.9. The number of H-pyrrole nitrogens is 1. The van der Waals surface area contributed by atoms with Crippen LogP contribution in [0.5, 0.6) is 5.75 Å². The van der Waals surface area contributed by atoms with E-state index in [2.05, 4.69) is 4.98 Å². The summed E-state index contributed by atoms with van der Waals surface area (Å²) in [6.07, 6.45) is -4.52. The van der Waals surface area contributed by atoms with Crippen LogP contribution in [0.15, 0.2) is 48.7 Å². The van der Waals surface area contributed by atoms with Crippen LogP contribution in [0.4, 0.5) is 0 Å². The summed E-state index contributed by atoms with van der Waals surface area (Å²) >= 11 is 5.96. The molecule has 4 rings (SSSR count). The molecule has 30 heavy (non-hydrogen) atoms. The van der Waals surface area contributed by atoms with Gasteiger partial charge in [0, 0.05) is 22.1 Å². The van der Waals surface area contributed by atoms with Gasteiger partial charge in [-0.15, -0.1) is 0 Å². The van der Waals surface area contributed by atoms with Gasteiger partial charge in [0.2, 0.25) is 0 Å². The Morgan fingerprint density at radius 1 is 1.03 bits per heavy atom. The number of aromatic nitrogens is 1. The Labute approximate surface area is 177 Å². The molecule has 5 atom stereocenters. The van der Waals surface area contributed by atoms with Crippen molar-refractivity contribution in [1.82, 2.24) is 4.98 Å². The van der Waals surface area contributed by atoms with E-state index in [0.717, 1.165) is 22.0 Å². The Morgan fingerprint density at radius 3 is 2.53 bits per heavy atom. The molecular formula is C21H22ClNO7. The van der Waals surface area contributed by atoms with Gasteiger partial charge in [-0.05, 0) is 41.8 Å². The average molecular weight is 436 g/mol. The molecule has 0 bridgehead atoms. The van der Waals surface area contributed by atoms with Gasteiger partial charge in [0.1, 0.15) is 18.3 Å². The monoisotopic (exact) mass is 435 g/mol. The summed E-state index contributed by atoms with van der Waals surface area (Å²) in [6, 6.07) is 12.9. The fourth-order valence-corrected chi connectivity index (χ4v) is 3.66. The van der Waals surface area contributed by atoms with Crippen molar-refractivity contribution < 1.29 is 34.9 Å². The maximum Gasteiger partial charge on any atom is 0.188 e. The van der Waals surface area contributed by atoms with E-state index in [-0.39, 0.29) is 0 Å². The van der Waals surface area contributed by atoms with Crippen molar-refractivity contribution in [2.75, 3.05) is 6.61 Å². The Morgan fingerprint density at radius 2 is 1.80 bits per heavy atom. The van der Waals surface area contributed by atoms with E-state index < -0.39 is 37.3 Å². The summed E-state index contributed by atoms with van der Waals surface area (Å²) < 4.78 is 5.08. The number of benzene rings is 2. The molecule has 3 aromatic rings. The normalized spacial score (nSPS) is 26.8. The molecule has 8 nitrogen and oxygen atoms in total. The topological polar surface area (TPSA) is 124 Å². The Bertz CT molecular complexity index is 993. The van der Waals surface area contributed by atoms with Crippen molar-refractivity contribution in [1.29, 1.82) is 0 Å². The third kappa shape index (κ3) is 4.17. The van der Waals surface area contributed by atoms with Crippen LogP contribution in [-0.2, 0) is 16.0 Å². The van der Waals surface area contributed by atoms with Crippen molar-refractivity contribution >= 4 is 22.5 Å². The minimum absolute atomic E-state index is 0.371. The molecule has 5 N–H and O–H groups in total. The zero-order chi connectivity index (χ0) is 21.3. The zero-order valence-electron chi connectivity index (χ0n) is 15.8. The van der Waals surface area contributed by atoms with E-state index >= 15 is 0 Å². The quantitative estimate of drug-likeness (QED) is 0.294. The van der Waals surface area contributed by atoms with Crippen LogP contribution in [0.25, 0.3) is 10.9 Å². The summed E-state index contributed by atoms with van der Waals surface area (Å²) in [5.41, 5.74) is 2.83. The molecule has 0 amide bonds. The van der Waals surface area contributed by atoms with Gasteiger partial charge in [-0.3, -0.25) is 0 Å². The highest BCUT2D eigenvalue weighted by Crippen LogP contribution is 2.32. The second-order valence-corrected chi connectivity index (χ2v) is 7.61. The van der Waals surface area contributed by atoms with Crippen molar-refractivity contribution in [2.45, 2.75) is 37.1 Å². The number of aliphatic hydroxyl groups excluding tert-OH is 4. The highest BCUT2D eigenvalue weighted by atomic mass is 35.5. The summed E-state index contributed by atoms with van der Waals surface area (Å²) in [7, 11) is 0. The predicted octanol–water partition coefficient (Wildman–Crippen LogP) is 1.52. The molecular weight excluding hydrogens is 414 g/mol. The standard InChI is InChI=1S/C21H22ClNO7/c22-13-6-4-11(5-7-13)8-12-9-23-14-2-1-3-15(17(12)14)29-30-20-19(26)18(25)16(10-24)28-21(20)27/h1-7,9,16,18-21,23-27H,8,10H2/t16-,18-,19+,20-,21-/m1/s1. The second kappa shape index (κ2) is 8.91. The highest BCUT2D eigenvalue weighted by Gasteiger charge is 2.45. The van der Waals surface area contributed by atoms with E-state index in [4.69, 9.17) is 31.2 Å². The van der Waals surface area contributed by atoms with Gasteiger partial charge in [0.15, 0.2) is 18.1 Å². The average Bonchev–Trinajstić information content (AvgIpc) is 3.16. The first kappa shape index (κ1) is 21.1. The van der Waals surface area contributed by atoms with Crippen LogP contribution in [-0.4, -0.2) is 62.7 Å². The molecule has 160 valence electrons. The molecule has 2 aromatic carbocycles. The van der Waals surface area contributed by atoms with Gasteiger partial charge in [-0.2, -0.15) is 4.89 Å². The highest BCUT2D eigenvalue weighted by molar-refractivity contribution is 6.30. The SMILES string of the molecule is OC[C@H]1O[C@@H](O)[C@H](OOc2cccc3[nH]cc(Cc4ccc(Cl)cc4)c23)[C@@H](O)[C@@H]1O. The number of fused-ring (bicyclic) bond motifs is 1.